The van der Waals surface area contributed by atoms with Gasteiger partial charge in [-0.2, -0.15) is 0 Å². The molecule has 106 valence electrons. The summed E-state index contributed by atoms with van der Waals surface area (Å²) in [5.41, 5.74) is 0. The maximum Gasteiger partial charge on any atom is 0.242 e. The minimum Gasteiger partial charge on any atom is -0.383 e. The zero-order chi connectivity index (χ0) is 14.0. The monoisotopic (exact) mass is 259 g/mol. The molecule has 0 aliphatic rings. The van der Waals surface area contributed by atoms with Crippen molar-refractivity contribution in [2.45, 2.75) is 26.8 Å². The van der Waals surface area contributed by atoms with E-state index in [4.69, 9.17) is 4.74 Å². The zero-order valence-corrected chi connectivity index (χ0v) is 11.7. The van der Waals surface area contributed by atoms with Crippen LogP contribution in [0.3, 0.4) is 0 Å². The quantitative estimate of drug-likeness (QED) is 0.488. The summed E-state index contributed by atoms with van der Waals surface area (Å²) in [5, 5.41) is 8.46. The van der Waals surface area contributed by atoms with Gasteiger partial charge in [0.25, 0.3) is 0 Å². The largest absolute Gasteiger partial charge is 0.383 e. The van der Waals surface area contributed by atoms with E-state index >= 15 is 0 Å². The number of hydrogen-bond acceptors (Lipinski definition) is 4. The van der Waals surface area contributed by atoms with E-state index in [1.54, 1.807) is 14.0 Å². The topological polar surface area (TPSA) is 79.5 Å². The predicted octanol–water partition coefficient (Wildman–Crippen LogP) is -0.501. The van der Waals surface area contributed by atoms with Crippen molar-refractivity contribution >= 4 is 11.8 Å². The number of nitrogens with one attached hydrogen (secondary N) is 3. The molecule has 2 atom stereocenters. The van der Waals surface area contributed by atoms with E-state index in [2.05, 4.69) is 16.0 Å². The van der Waals surface area contributed by atoms with Crippen LogP contribution < -0.4 is 16.0 Å². The van der Waals surface area contributed by atoms with Gasteiger partial charge >= 0.3 is 0 Å². The summed E-state index contributed by atoms with van der Waals surface area (Å²) >= 11 is 0. The first-order valence-electron chi connectivity index (χ1n) is 6.30. The molecule has 0 radical (unpaired) electrons. The van der Waals surface area contributed by atoms with Crippen molar-refractivity contribution in [2.24, 2.45) is 5.92 Å². The Morgan fingerprint density at radius 1 is 1.22 bits per heavy atom. The van der Waals surface area contributed by atoms with Gasteiger partial charge in [-0.05, 0) is 13.5 Å². The summed E-state index contributed by atoms with van der Waals surface area (Å²) in [6.45, 7) is 7.82. The van der Waals surface area contributed by atoms with Crippen molar-refractivity contribution in [3.63, 3.8) is 0 Å². The van der Waals surface area contributed by atoms with E-state index in [9.17, 15) is 9.59 Å². The standard InChI is InChI=1S/C12H25N3O3/c1-5-13-8-9(2)11(16)15-10(3)12(17)14-6-7-18-4/h9-10,13H,5-8H2,1-4H3,(H,14,17)(H,15,16). The van der Waals surface area contributed by atoms with Gasteiger partial charge in [0.05, 0.1) is 6.61 Å². The Morgan fingerprint density at radius 3 is 2.44 bits per heavy atom. The molecule has 6 nitrogen and oxygen atoms in total. The molecule has 0 aromatic carbocycles. The van der Waals surface area contributed by atoms with Gasteiger partial charge in [-0.15, -0.1) is 0 Å². The molecule has 18 heavy (non-hydrogen) atoms. The second-order valence-corrected chi connectivity index (χ2v) is 4.22. The second-order valence-electron chi connectivity index (χ2n) is 4.22. The predicted molar refractivity (Wildman–Crippen MR) is 70.2 cm³/mol. The number of carbonyl (C=O) groups excluding carboxylic acids is 2. The third kappa shape index (κ3) is 7.24. The SMILES string of the molecule is CCNCC(C)C(=O)NC(C)C(=O)NCCOC. The first-order valence-corrected chi connectivity index (χ1v) is 6.30. The van der Waals surface area contributed by atoms with Crippen molar-refractivity contribution < 1.29 is 14.3 Å². The van der Waals surface area contributed by atoms with E-state index in [-0.39, 0.29) is 17.7 Å². The van der Waals surface area contributed by atoms with Crippen LogP contribution in [0.2, 0.25) is 0 Å². The first kappa shape index (κ1) is 16.9. The van der Waals surface area contributed by atoms with E-state index in [0.717, 1.165) is 6.54 Å². The fraction of sp³-hybridized carbons (Fsp3) is 0.833. The number of amides is 2. The van der Waals surface area contributed by atoms with Crippen molar-refractivity contribution in [1.29, 1.82) is 0 Å². The maximum atomic E-state index is 11.7. The number of rotatable bonds is 9. The minimum atomic E-state index is -0.529. The van der Waals surface area contributed by atoms with Gasteiger partial charge in [-0.1, -0.05) is 13.8 Å². The molecule has 0 saturated carbocycles. The van der Waals surface area contributed by atoms with Gasteiger partial charge in [0.15, 0.2) is 0 Å². The van der Waals surface area contributed by atoms with Crippen molar-refractivity contribution in [1.82, 2.24) is 16.0 Å². The molecule has 0 aliphatic carbocycles. The number of carbonyl (C=O) groups is 2. The summed E-state index contributed by atoms with van der Waals surface area (Å²) in [4.78, 5) is 23.3. The Balaban J connectivity index is 3.94. The fourth-order valence-corrected chi connectivity index (χ4v) is 1.30. The number of methoxy groups -OCH3 is 1. The lowest BCUT2D eigenvalue weighted by Gasteiger charge is -2.17. The Labute approximate surface area is 109 Å². The van der Waals surface area contributed by atoms with Crippen LogP contribution >= 0.6 is 0 Å². The average molecular weight is 259 g/mol. The highest BCUT2D eigenvalue weighted by atomic mass is 16.5. The molecule has 2 unspecified atom stereocenters. The Morgan fingerprint density at radius 2 is 1.89 bits per heavy atom. The number of hydrogen-bond donors (Lipinski definition) is 3. The summed E-state index contributed by atoms with van der Waals surface area (Å²) in [6.07, 6.45) is 0. The highest BCUT2D eigenvalue weighted by molar-refractivity contribution is 5.88. The molecule has 0 spiro atoms. The minimum absolute atomic E-state index is 0.120. The van der Waals surface area contributed by atoms with Gasteiger partial charge in [0.2, 0.25) is 11.8 Å². The summed E-state index contributed by atoms with van der Waals surface area (Å²) in [6, 6.07) is -0.529. The summed E-state index contributed by atoms with van der Waals surface area (Å²) in [7, 11) is 1.57. The second kappa shape index (κ2) is 9.85. The van der Waals surface area contributed by atoms with Crippen molar-refractivity contribution in [3.8, 4) is 0 Å². The van der Waals surface area contributed by atoms with Crippen molar-refractivity contribution in [2.75, 3.05) is 33.4 Å². The molecule has 0 heterocycles. The molecule has 0 saturated heterocycles. The lowest BCUT2D eigenvalue weighted by molar-refractivity contribution is -0.130. The van der Waals surface area contributed by atoms with Crippen LogP contribution in [0, 0.1) is 5.92 Å². The molecule has 3 N–H and O–H groups in total. The zero-order valence-electron chi connectivity index (χ0n) is 11.7. The van der Waals surface area contributed by atoms with Crippen LogP contribution in [0.4, 0.5) is 0 Å². The normalized spacial score (nSPS) is 13.8. The van der Waals surface area contributed by atoms with Crippen LogP contribution in [0.15, 0.2) is 0 Å². The lowest BCUT2D eigenvalue weighted by atomic mass is 10.1. The molecule has 0 bridgehead atoms. The fourth-order valence-electron chi connectivity index (χ4n) is 1.30. The average Bonchev–Trinajstić information content (AvgIpc) is 2.35. The Kier molecular flexibility index (Phi) is 9.22. The van der Waals surface area contributed by atoms with Crippen LogP contribution in [-0.4, -0.2) is 51.2 Å². The molecular weight excluding hydrogens is 234 g/mol. The molecule has 0 aromatic rings. The molecule has 0 aromatic heterocycles. The Bertz CT molecular complexity index is 259. The molecule has 0 rings (SSSR count). The highest BCUT2D eigenvalue weighted by Gasteiger charge is 2.18. The van der Waals surface area contributed by atoms with Crippen LogP contribution in [0.25, 0.3) is 0 Å². The van der Waals surface area contributed by atoms with Crippen molar-refractivity contribution in [3.05, 3.63) is 0 Å². The van der Waals surface area contributed by atoms with E-state index in [1.807, 2.05) is 13.8 Å². The van der Waals surface area contributed by atoms with E-state index in [0.29, 0.717) is 19.7 Å². The molecular formula is C12H25N3O3. The van der Waals surface area contributed by atoms with E-state index in [1.165, 1.54) is 0 Å². The third-order valence-corrected chi connectivity index (χ3v) is 2.51. The van der Waals surface area contributed by atoms with Gasteiger partial charge in [-0.3, -0.25) is 9.59 Å². The first-order chi connectivity index (χ1) is 8.52. The van der Waals surface area contributed by atoms with Crippen LogP contribution in [0.1, 0.15) is 20.8 Å². The smallest absolute Gasteiger partial charge is 0.242 e. The third-order valence-electron chi connectivity index (χ3n) is 2.51. The molecule has 0 aliphatic heterocycles. The van der Waals surface area contributed by atoms with Gasteiger partial charge < -0.3 is 20.7 Å². The lowest BCUT2D eigenvalue weighted by Crippen LogP contribution is -2.48. The summed E-state index contributed by atoms with van der Waals surface area (Å²) in [5.74, 6) is -0.472. The Hall–Kier alpha value is -1.14. The molecule has 0 fully saturated rings. The van der Waals surface area contributed by atoms with E-state index < -0.39 is 6.04 Å². The summed E-state index contributed by atoms with van der Waals surface area (Å²) < 4.78 is 4.83. The van der Waals surface area contributed by atoms with Gasteiger partial charge in [0, 0.05) is 26.1 Å². The molecule has 6 heteroatoms. The number of ether oxygens (including phenoxy) is 1. The van der Waals surface area contributed by atoms with Gasteiger partial charge in [-0.25, -0.2) is 0 Å². The van der Waals surface area contributed by atoms with Crippen LogP contribution in [0.5, 0.6) is 0 Å². The highest BCUT2D eigenvalue weighted by Crippen LogP contribution is 1.94. The van der Waals surface area contributed by atoms with Crippen LogP contribution in [-0.2, 0) is 14.3 Å². The van der Waals surface area contributed by atoms with Gasteiger partial charge in [0.1, 0.15) is 6.04 Å². The molecule has 2 amide bonds. The maximum absolute atomic E-state index is 11.7.